The molecule has 2 N–H and O–H groups in total. The number of rotatable bonds is 5. The van der Waals surface area contributed by atoms with Crippen molar-refractivity contribution in [1.29, 1.82) is 5.26 Å². The van der Waals surface area contributed by atoms with Gasteiger partial charge in [-0.2, -0.15) is 18.4 Å². The number of pyridine rings is 1. The first kappa shape index (κ1) is 24.6. The maximum Gasteiger partial charge on any atom is 0.418 e. The minimum absolute atomic E-state index is 0.0308. The first-order valence-corrected chi connectivity index (χ1v) is 11.0. The van der Waals surface area contributed by atoms with Crippen molar-refractivity contribution in [2.24, 2.45) is 0 Å². The summed E-state index contributed by atoms with van der Waals surface area (Å²) in [6, 6.07) is 19.8. The molecule has 0 radical (unpaired) electrons. The molecular formula is C28H22F3N3O2. The number of nitriles is 1. The molecule has 182 valence electrons. The van der Waals surface area contributed by atoms with Crippen molar-refractivity contribution < 1.29 is 17.9 Å². The lowest BCUT2D eigenvalue weighted by Gasteiger charge is -2.18. The minimum Gasteiger partial charge on any atom is -0.457 e. The fourth-order valence-corrected chi connectivity index (χ4v) is 3.98. The number of nitrogens with two attached hydrogens (primary N) is 1. The van der Waals surface area contributed by atoms with Crippen LogP contribution in [0.25, 0.3) is 11.1 Å². The molecular weight excluding hydrogens is 467 g/mol. The number of hydrogen-bond donors (Lipinski definition) is 1. The van der Waals surface area contributed by atoms with Crippen molar-refractivity contribution in [3.05, 3.63) is 111 Å². The Hall–Kier alpha value is -4.51. The molecule has 0 amide bonds. The summed E-state index contributed by atoms with van der Waals surface area (Å²) in [5, 5.41) is 9.55. The molecule has 0 atom stereocenters. The topological polar surface area (TPSA) is 81.0 Å². The molecule has 36 heavy (non-hydrogen) atoms. The lowest BCUT2D eigenvalue weighted by atomic mass is 9.97. The zero-order valence-electron chi connectivity index (χ0n) is 19.6. The van der Waals surface area contributed by atoms with E-state index in [-0.39, 0.29) is 17.7 Å². The lowest BCUT2D eigenvalue weighted by molar-refractivity contribution is -0.137. The van der Waals surface area contributed by atoms with Crippen LogP contribution < -0.4 is 16.0 Å². The van der Waals surface area contributed by atoms with Crippen LogP contribution in [0.15, 0.2) is 77.7 Å². The van der Waals surface area contributed by atoms with Gasteiger partial charge in [-0.25, -0.2) is 0 Å². The summed E-state index contributed by atoms with van der Waals surface area (Å²) >= 11 is 0. The molecule has 0 aliphatic rings. The van der Waals surface area contributed by atoms with Crippen LogP contribution in [0.4, 0.5) is 18.9 Å². The zero-order valence-corrected chi connectivity index (χ0v) is 19.6. The van der Waals surface area contributed by atoms with Crippen LogP contribution in [0.3, 0.4) is 0 Å². The van der Waals surface area contributed by atoms with Crippen molar-refractivity contribution >= 4 is 5.69 Å². The van der Waals surface area contributed by atoms with Crippen LogP contribution in [0.5, 0.6) is 11.5 Å². The number of alkyl halides is 3. The van der Waals surface area contributed by atoms with Crippen LogP contribution in [-0.4, -0.2) is 4.57 Å². The van der Waals surface area contributed by atoms with Crippen molar-refractivity contribution in [2.45, 2.75) is 26.6 Å². The van der Waals surface area contributed by atoms with Gasteiger partial charge in [-0.3, -0.25) is 4.79 Å². The van der Waals surface area contributed by atoms with E-state index in [9.17, 15) is 23.2 Å². The molecule has 8 heteroatoms. The van der Waals surface area contributed by atoms with E-state index in [1.165, 1.54) is 36.5 Å². The summed E-state index contributed by atoms with van der Waals surface area (Å²) in [6.45, 7) is 3.82. The summed E-state index contributed by atoms with van der Waals surface area (Å²) in [7, 11) is 0. The van der Waals surface area contributed by atoms with Gasteiger partial charge in [0.1, 0.15) is 23.1 Å². The minimum atomic E-state index is -4.91. The number of halogens is 3. The number of benzene rings is 3. The standard InChI is InChI=1S/C28H22F3N3O2/c1-17-3-4-20(18(2)13-17)15-34-16-25(26(28(29,30)31)24(14-32)27(34)35)19-5-9-22(10-6-19)36-23-11-7-21(33)8-12-23/h3-13,16H,15,33H2,1-2H3. The van der Waals surface area contributed by atoms with Gasteiger partial charge < -0.3 is 15.0 Å². The van der Waals surface area contributed by atoms with E-state index >= 15 is 0 Å². The van der Waals surface area contributed by atoms with Crippen molar-refractivity contribution in [2.75, 3.05) is 5.73 Å². The third kappa shape index (κ3) is 5.10. The van der Waals surface area contributed by atoms with E-state index in [2.05, 4.69) is 0 Å². The molecule has 4 rings (SSSR count). The highest BCUT2D eigenvalue weighted by Crippen LogP contribution is 2.39. The highest BCUT2D eigenvalue weighted by atomic mass is 19.4. The Kier molecular flexibility index (Phi) is 6.58. The second kappa shape index (κ2) is 9.62. The Balaban J connectivity index is 1.80. The predicted octanol–water partition coefficient (Wildman–Crippen LogP) is 6.45. The molecule has 5 nitrogen and oxygen atoms in total. The van der Waals surface area contributed by atoms with Gasteiger partial charge >= 0.3 is 6.18 Å². The molecule has 0 saturated heterocycles. The van der Waals surface area contributed by atoms with Gasteiger partial charge in [0.05, 0.1) is 12.1 Å². The maximum atomic E-state index is 14.1. The Labute approximate surface area is 205 Å². The molecule has 4 aromatic rings. The van der Waals surface area contributed by atoms with Gasteiger partial charge in [0.25, 0.3) is 5.56 Å². The first-order valence-electron chi connectivity index (χ1n) is 11.0. The molecule has 0 unspecified atom stereocenters. The van der Waals surface area contributed by atoms with Crippen molar-refractivity contribution in [3.63, 3.8) is 0 Å². The number of aromatic nitrogens is 1. The quantitative estimate of drug-likeness (QED) is 0.327. The molecule has 1 aromatic heterocycles. The van der Waals surface area contributed by atoms with E-state index in [0.29, 0.717) is 17.2 Å². The maximum absolute atomic E-state index is 14.1. The summed E-state index contributed by atoms with van der Waals surface area (Å²) < 4.78 is 49.2. The van der Waals surface area contributed by atoms with Crippen LogP contribution in [0.2, 0.25) is 0 Å². The second-order valence-corrected chi connectivity index (χ2v) is 8.46. The third-order valence-electron chi connectivity index (χ3n) is 5.79. The first-order chi connectivity index (χ1) is 17.1. The van der Waals surface area contributed by atoms with E-state index in [1.54, 1.807) is 24.3 Å². The monoisotopic (exact) mass is 489 g/mol. The summed E-state index contributed by atoms with van der Waals surface area (Å²) in [5.41, 5.74) is 5.68. The van der Waals surface area contributed by atoms with E-state index in [1.807, 2.05) is 32.0 Å². The van der Waals surface area contributed by atoms with Crippen LogP contribution in [0.1, 0.15) is 27.8 Å². The molecule has 0 bridgehead atoms. The Bertz CT molecular complexity index is 1510. The summed E-state index contributed by atoms with van der Waals surface area (Å²) in [4.78, 5) is 12.9. The molecule has 3 aromatic carbocycles. The van der Waals surface area contributed by atoms with Gasteiger partial charge in [-0.05, 0) is 66.9 Å². The zero-order chi connectivity index (χ0) is 26.0. The SMILES string of the molecule is Cc1ccc(Cn2cc(-c3ccc(Oc4ccc(N)cc4)cc3)c(C(F)(F)F)c(C#N)c2=O)c(C)c1. The molecule has 0 fully saturated rings. The smallest absolute Gasteiger partial charge is 0.418 e. The van der Waals surface area contributed by atoms with Crippen LogP contribution in [-0.2, 0) is 12.7 Å². The van der Waals surface area contributed by atoms with Crippen LogP contribution >= 0.6 is 0 Å². The van der Waals surface area contributed by atoms with Gasteiger partial charge in [-0.1, -0.05) is 35.9 Å². The van der Waals surface area contributed by atoms with E-state index in [0.717, 1.165) is 21.3 Å². The van der Waals surface area contributed by atoms with Gasteiger partial charge in [0, 0.05) is 17.4 Å². The third-order valence-corrected chi connectivity index (χ3v) is 5.79. The fourth-order valence-electron chi connectivity index (χ4n) is 3.98. The molecule has 0 aliphatic heterocycles. The summed E-state index contributed by atoms with van der Waals surface area (Å²) in [5.74, 6) is 0.919. The number of anilines is 1. The average Bonchev–Trinajstić information content (AvgIpc) is 2.83. The van der Waals surface area contributed by atoms with Crippen molar-refractivity contribution in [1.82, 2.24) is 4.57 Å². The number of hydrogen-bond acceptors (Lipinski definition) is 4. The Morgan fingerprint density at radius 1 is 0.972 bits per heavy atom. The predicted molar refractivity (Wildman–Crippen MR) is 132 cm³/mol. The average molecular weight is 489 g/mol. The second-order valence-electron chi connectivity index (χ2n) is 8.46. The van der Waals surface area contributed by atoms with E-state index < -0.39 is 22.9 Å². The lowest BCUT2D eigenvalue weighted by Crippen LogP contribution is -2.28. The van der Waals surface area contributed by atoms with Crippen LogP contribution in [0, 0.1) is 25.2 Å². The molecule has 0 saturated carbocycles. The molecule has 0 spiro atoms. The molecule has 0 aliphatic carbocycles. The number of aryl methyl sites for hydroxylation is 2. The number of nitrogens with zero attached hydrogens (tertiary/aromatic N) is 2. The summed E-state index contributed by atoms with van der Waals surface area (Å²) in [6.07, 6.45) is -3.74. The van der Waals surface area contributed by atoms with Crippen molar-refractivity contribution in [3.8, 4) is 28.7 Å². The Morgan fingerprint density at radius 2 is 1.58 bits per heavy atom. The van der Waals surface area contributed by atoms with Gasteiger partial charge in [0.2, 0.25) is 0 Å². The number of nitrogen functional groups attached to an aromatic ring is 1. The van der Waals surface area contributed by atoms with Gasteiger partial charge in [0.15, 0.2) is 0 Å². The van der Waals surface area contributed by atoms with E-state index in [4.69, 9.17) is 10.5 Å². The highest BCUT2D eigenvalue weighted by Gasteiger charge is 2.39. The normalized spacial score (nSPS) is 11.2. The fraction of sp³-hybridized carbons (Fsp3) is 0.143. The Morgan fingerprint density at radius 3 is 2.14 bits per heavy atom. The number of ether oxygens (including phenoxy) is 1. The van der Waals surface area contributed by atoms with Gasteiger partial charge in [-0.15, -0.1) is 0 Å². The largest absolute Gasteiger partial charge is 0.457 e. The molecule has 1 heterocycles. The highest BCUT2D eigenvalue weighted by molar-refractivity contribution is 5.70.